The Hall–Kier alpha value is -1.61. The Morgan fingerprint density at radius 2 is 2.06 bits per heavy atom. The summed E-state index contributed by atoms with van der Waals surface area (Å²) in [5, 5.41) is 3.91. The lowest BCUT2D eigenvalue weighted by Crippen LogP contribution is -2.07. The second-order valence-corrected chi connectivity index (χ2v) is 4.69. The highest BCUT2D eigenvalue weighted by Gasteiger charge is 2.09. The van der Waals surface area contributed by atoms with Gasteiger partial charge in [-0.2, -0.15) is 0 Å². The predicted molar refractivity (Wildman–Crippen MR) is 72.4 cm³/mol. The topological polar surface area (TPSA) is 24.9 Å². The van der Waals surface area contributed by atoms with Crippen LogP contribution in [0.4, 0.5) is 10.1 Å². The largest absolute Gasteiger partial charge is 0.377 e. The molecule has 1 aromatic carbocycles. The van der Waals surface area contributed by atoms with Gasteiger partial charge >= 0.3 is 0 Å². The fourth-order valence-electron chi connectivity index (χ4n) is 1.73. The van der Waals surface area contributed by atoms with Crippen LogP contribution >= 0.6 is 11.6 Å². The highest BCUT2D eigenvalue weighted by Crippen LogP contribution is 2.27. The first-order valence-corrected chi connectivity index (χ1v) is 6.07. The van der Waals surface area contributed by atoms with E-state index in [9.17, 15) is 4.39 Å². The fraction of sp³-hybridized carbons (Fsp3) is 0.214. The van der Waals surface area contributed by atoms with Gasteiger partial charge in [-0.3, -0.25) is 4.98 Å². The second kappa shape index (κ2) is 5.36. The third-order valence-corrected chi connectivity index (χ3v) is 3.05. The summed E-state index contributed by atoms with van der Waals surface area (Å²) < 4.78 is 13.1. The molecule has 0 bridgehead atoms. The molecule has 2 rings (SSSR count). The number of aryl methyl sites for hydroxylation is 1. The molecule has 2 aromatic rings. The molecule has 2 nitrogen and oxygen atoms in total. The van der Waals surface area contributed by atoms with Crippen molar-refractivity contribution >= 4 is 17.3 Å². The third-order valence-electron chi connectivity index (χ3n) is 2.72. The molecule has 0 saturated carbocycles. The van der Waals surface area contributed by atoms with Crippen molar-refractivity contribution in [3.8, 4) is 0 Å². The molecular formula is C14H14ClFN2. The highest BCUT2D eigenvalue weighted by molar-refractivity contribution is 6.33. The third kappa shape index (κ3) is 2.99. The zero-order valence-electron chi connectivity index (χ0n) is 10.2. The number of anilines is 1. The molecule has 18 heavy (non-hydrogen) atoms. The Balaban J connectivity index is 2.21. The Labute approximate surface area is 111 Å². The van der Waals surface area contributed by atoms with Gasteiger partial charge in [-0.05, 0) is 43.2 Å². The minimum Gasteiger partial charge on any atom is -0.377 e. The van der Waals surface area contributed by atoms with Crippen LogP contribution < -0.4 is 5.32 Å². The number of benzene rings is 1. The van der Waals surface area contributed by atoms with E-state index in [1.54, 1.807) is 6.20 Å². The number of pyridine rings is 1. The van der Waals surface area contributed by atoms with Crippen LogP contribution in [0.1, 0.15) is 24.1 Å². The van der Waals surface area contributed by atoms with Crippen molar-refractivity contribution < 1.29 is 4.39 Å². The molecule has 1 atom stereocenters. The van der Waals surface area contributed by atoms with E-state index >= 15 is 0 Å². The summed E-state index contributed by atoms with van der Waals surface area (Å²) in [5.74, 6) is -0.337. The van der Waals surface area contributed by atoms with Crippen LogP contribution in [0, 0.1) is 12.7 Å². The first-order chi connectivity index (χ1) is 8.56. The van der Waals surface area contributed by atoms with Crippen molar-refractivity contribution in [1.82, 2.24) is 4.98 Å². The number of nitrogens with zero attached hydrogens (tertiary/aromatic N) is 1. The van der Waals surface area contributed by atoms with Gasteiger partial charge in [0.25, 0.3) is 0 Å². The van der Waals surface area contributed by atoms with Crippen molar-refractivity contribution in [2.24, 2.45) is 0 Å². The van der Waals surface area contributed by atoms with Crippen LogP contribution in [-0.2, 0) is 0 Å². The number of nitrogens with one attached hydrogen (secondary N) is 1. The van der Waals surface area contributed by atoms with Gasteiger partial charge in [-0.15, -0.1) is 0 Å². The fourth-order valence-corrected chi connectivity index (χ4v) is 1.90. The molecular weight excluding hydrogens is 251 g/mol. The van der Waals surface area contributed by atoms with Crippen molar-refractivity contribution in [2.75, 3.05) is 5.32 Å². The lowest BCUT2D eigenvalue weighted by atomic mass is 10.1. The normalized spacial score (nSPS) is 12.2. The zero-order valence-corrected chi connectivity index (χ0v) is 11.0. The van der Waals surface area contributed by atoms with E-state index < -0.39 is 0 Å². The summed E-state index contributed by atoms with van der Waals surface area (Å²) in [6, 6.07) is 7.16. The maximum atomic E-state index is 13.1. The molecule has 1 heterocycles. The first kappa shape index (κ1) is 12.8. The Bertz CT molecular complexity index is 557. The first-order valence-electron chi connectivity index (χ1n) is 5.69. The SMILES string of the molecule is Cc1ccc(Cl)c(NC(C)c2cncc(F)c2)c1. The zero-order chi connectivity index (χ0) is 13.1. The molecule has 0 aliphatic carbocycles. The highest BCUT2D eigenvalue weighted by atomic mass is 35.5. The van der Waals surface area contributed by atoms with E-state index in [2.05, 4.69) is 10.3 Å². The van der Waals surface area contributed by atoms with Gasteiger partial charge in [0.15, 0.2) is 0 Å². The lowest BCUT2D eigenvalue weighted by Gasteiger charge is -2.17. The van der Waals surface area contributed by atoms with E-state index in [-0.39, 0.29) is 11.9 Å². The van der Waals surface area contributed by atoms with Gasteiger partial charge < -0.3 is 5.32 Å². The lowest BCUT2D eigenvalue weighted by molar-refractivity contribution is 0.616. The van der Waals surface area contributed by atoms with Crippen molar-refractivity contribution in [2.45, 2.75) is 19.9 Å². The average Bonchev–Trinajstić information content (AvgIpc) is 2.34. The molecule has 1 N–H and O–H groups in total. The summed E-state index contributed by atoms with van der Waals surface area (Å²) in [7, 11) is 0. The van der Waals surface area contributed by atoms with Crippen molar-refractivity contribution in [3.63, 3.8) is 0 Å². The smallest absolute Gasteiger partial charge is 0.141 e. The number of rotatable bonds is 3. The van der Waals surface area contributed by atoms with Crippen LogP contribution in [0.5, 0.6) is 0 Å². The maximum absolute atomic E-state index is 13.1. The molecule has 0 radical (unpaired) electrons. The molecule has 0 spiro atoms. The molecule has 0 aliphatic heterocycles. The quantitative estimate of drug-likeness (QED) is 0.891. The van der Waals surface area contributed by atoms with Crippen LogP contribution in [0.25, 0.3) is 0 Å². The molecule has 94 valence electrons. The summed E-state index contributed by atoms with van der Waals surface area (Å²) in [4.78, 5) is 3.84. The van der Waals surface area contributed by atoms with Gasteiger partial charge in [0.05, 0.1) is 22.9 Å². The molecule has 1 unspecified atom stereocenters. The van der Waals surface area contributed by atoms with Gasteiger partial charge in [0.2, 0.25) is 0 Å². The second-order valence-electron chi connectivity index (χ2n) is 4.29. The molecule has 0 aliphatic rings. The molecule has 0 fully saturated rings. The van der Waals surface area contributed by atoms with Gasteiger partial charge in [-0.25, -0.2) is 4.39 Å². The molecule has 4 heteroatoms. The van der Waals surface area contributed by atoms with E-state index in [1.165, 1.54) is 12.3 Å². The standard InChI is InChI=1S/C14H14ClFN2/c1-9-3-4-13(15)14(5-9)18-10(2)11-6-12(16)8-17-7-11/h3-8,10,18H,1-2H3. The molecule has 0 saturated heterocycles. The summed E-state index contributed by atoms with van der Waals surface area (Å²) in [6.45, 7) is 3.94. The van der Waals surface area contributed by atoms with Crippen LogP contribution in [0.3, 0.4) is 0 Å². The van der Waals surface area contributed by atoms with Crippen LogP contribution in [0.2, 0.25) is 5.02 Å². The average molecular weight is 265 g/mol. The van der Waals surface area contributed by atoms with Crippen molar-refractivity contribution in [3.05, 3.63) is 58.6 Å². The molecule has 0 amide bonds. The maximum Gasteiger partial charge on any atom is 0.141 e. The number of hydrogen-bond donors (Lipinski definition) is 1. The Morgan fingerprint density at radius 1 is 1.28 bits per heavy atom. The van der Waals surface area contributed by atoms with Gasteiger partial charge in [0, 0.05) is 6.20 Å². The van der Waals surface area contributed by atoms with E-state index in [1.807, 2.05) is 32.0 Å². The summed E-state index contributed by atoms with van der Waals surface area (Å²) >= 11 is 6.11. The van der Waals surface area contributed by atoms with E-state index in [0.29, 0.717) is 5.02 Å². The monoisotopic (exact) mass is 264 g/mol. The minimum absolute atomic E-state index is 0.0625. The minimum atomic E-state index is -0.337. The van der Waals surface area contributed by atoms with Crippen molar-refractivity contribution in [1.29, 1.82) is 0 Å². The number of halogens is 2. The van der Waals surface area contributed by atoms with Crippen LogP contribution in [0.15, 0.2) is 36.7 Å². The number of aromatic nitrogens is 1. The summed E-state index contributed by atoms with van der Waals surface area (Å²) in [5.41, 5.74) is 2.74. The predicted octanol–water partition coefficient (Wildman–Crippen LogP) is 4.36. The van der Waals surface area contributed by atoms with E-state index in [4.69, 9.17) is 11.6 Å². The number of hydrogen-bond acceptors (Lipinski definition) is 2. The van der Waals surface area contributed by atoms with E-state index in [0.717, 1.165) is 16.8 Å². The van der Waals surface area contributed by atoms with Crippen LogP contribution in [-0.4, -0.2) is 4.98 Å². The Kier molecular flexibility index (Phi) is 3.82. The Morgan fingerprint density at radius 3 is 2.78 bits per heavy atom. The van der Waals surface area contributed by atoms with Gasteiger partial charge in [-0.1, -0.05) is 17.7 Å². The summed E-state index contributed by atoms with van der Waals surface area (Å²) in [6.07, 6.45) is 2.83. The molecule has 1 aromatic heterocycles. The van der Waals surface area contributed by atoms with Gasteiger partial charge in [0.1, 0.15) is 5.82 Å².